The molecule has 2 nitrogen and oxygen atoms in total. The van der Waals surface area contributed by atoms with Crippen molar-refractivity contribution in [1.82, 2.24) is 0 Å². The van der Waals surface area contributed by atoms with Crippen LogP contribution in [0.4, 0.5) is 4.39 Å². The molecule has 0 aliphatic rings. The molecule has 0 rings (SSSR count). The van der Waals surface area contributed by atoms with Crippen LogP contribution in [0.25, 0.3) is 0 Å². The highest BCUT2D eigenvalue weighted by Gasteiger charge is 2.30. The van der Waals surface area contributed by atoms with Crippen molar-refractivity contribution < 1.29 is 12.8 Å². The summed E-state index contributed by atoms with van der Waals surface area (Å²) in [4.78, 5) is 0. The Hall–Kier alpha value is -0.120. The summed E-state index contributed by atoms with van der Waals surface area (Å²) in [5.74, 6) is -0.490. The van der Waals surface area contributed by atoms with Gasteiger partial charge < -0.3 is 0 Å². The van der Waals surface area contributed by atoms with Gasteiger partial charge in [-0.05, 0) is 27.7 Å². The molecule has 1 radical (unpaired) electrons. The van der Waals surface area contributed by atoms with Gasteiger partial charge >= 0.3 is 0 Å². The van der Waals surface area contributed by atoms with Gasteiger partial charge in [0.25, 0.3) is 0 Å². The van der Waals surface area contributed by atoms with Gasteiger partial charge in [-0.15, -0.1) is 0 Å². The molecule has 0 aliphatic heterocycles. The van der Waals surface area contributed by atoms with Crippen LogP contribution in [0.15, 0.2) is 0 Å². The third kappa shape index (κ3) is 3.18. The Kier molecular flexibility index (Phi) is 3.06. The van der Waals surface area contributed by atoms with Crippen molar-refractivity contribution in [3.63, 3.8) is 0 Å². The number of halogens is 1. The van der Waals surface area contributed by atoms with E-state index >= 15 is 0 Å². The molecule has 0 unspecified atom stereocenters. The molecule has 0 spiro atoms. The number of hydrogen-bond acceptors (Lipinski definition) is 2. The maximum absolute atomic E-state index is 12.2. The molecule has 0 aliphatic carbocycles. The second-order valence-electron chi connectivity index (χ2n) is 3.49. The fourth-order valence-corrected chi connectivity index (χ4v) is 1.46. The lowest BCUT2D eigenvalue weighted by atomic mass is 10.3. The molecule has 1 atom stereocenters. The molecular weight excluding hydrogens is 167 g/mol. The van der Waals surface area contributed by atoms with Crippen LogP contribution < -0.4 is 0 Å². The van der Waals surface area contributed by atoms with Crippen molar-refractivity contribution in [1.29, 1.82) is 0 Å². The van der Waals surface area contributed by atoms with Crippen LogP contribution in [0.2, 0.25) is 0 Å². The van der Waals surface area contributed by atoms with Crippen LogP contribution in [-0.2, 0) is 9.84 Å². The highest BCUT2D eigenvalue weighted by molar-refractivity contribution is 7.92. The minimum atomic E-state index is -3.33. The lowest BCUT2D eigenvalue weighted by molar-refractivity contribution is 0.422. The van der Waals surface area contributed by atoms with Crippen LogP contribution in [0.3, 0.4) is 0 Å². The maximum Gasteiger partial charge on any atom is 0.158 e. The first-order chi connectivity index (χ1) is 4.67. The van der Waals surface area contributed by atoms with E-state index in [2.05, 4.69) is 6.92 Å². The minimum Gasteiger partial charge on any atom is -0.246 e. The van der Waals surface area contributed by atoms with Gasteiger partial charge in [-0.25, -0.2) is 12.8 Å². The molecule has 0 aromatic carbocycles. The van der Waals surface area contributed by atoms with Crippen molar-refractivity contribution in [2.45, 2.75) is 31.7 Å². The third-order valence-electron chi connectivity index (χ3n) is 1.33. The second kappa shape index (κ2) is 3.09. The predicted octanol–water partition coefficient (Wildman–Crippen LogP) is 1.37. The molecule has 0 aromatic rings. The van der Waals surface area contributed by atoms with Crippen LogP contribution in [0, 0.1) is 6.92 Å². The Morgan fingerprint density at radius 1 is 1.45 bits per heavy atom. The zero-order valence-electron chi connectivity index (χ0n) is 7.09. The van der Waals surface area contributed by atoms with Gasteiger partial charge in [0, 0.05) is 0 Å². The van der Waals surface area contributed by atoms with E-state index in [0.717, 1.165) is 0 Å². The molecule has 0 N–H and O–H groups in total. The highest BCUT2D eigenvalue weighted by atomic mass is 32.2. The summed E-state index contributed by atoms with van der Waals surface area (Å²) in [6.07, 6.45) is -1.53. The summed E-state index contributed by atoms with van der Waals surface area (Å²) in [6, 6.07) is 0. The van der Waals surface area contributed by atoms with Gasteiger partial charge in [0.2, 0.25) is 0 Å². The summed E-state index contributed by atoms with van der Waals surface area (Å²) in [5, 5.41) is 0. The van der Waals surface area contributed by atoms with Gasteiger partial charge in [0.05, 0.1) is 10.5 Å². The highest BCUT2D eigenvalue weighted by Crippen LogP contribution is 2.17. The Morgan fingerprint density at radius 2 is 1.82 bits per heavy atom. The molecule has 4 heteroatoms. The largest absolute Gasteiger partial charge is 0.246 e. The Balaban J connectivity index is 4.51. The predicted molar refractivity (Wildman–Crippen MR) is 43.8 cm³/mol. The van der Waals surface area contributed by atoms with E-state index in [1.165, 1.54) is 0 Å². The van der Waals surface area contributed by atoms with E-state index < -0.39 is 26.5 Å². The third-order valence-corrected chi connectivity index (χ3v) is 4.00. The van der Waals surface area contributed by atoms with Crippen LogP contribution in [-0.4, -0.2) is 25.1 Å². The van der Waals surface area contributed by atoms with Crippen LogP contribution >= 0.6 is 0 Å². The van der Waals surface area contributed by atoms with Gasteiger partial charge in [0.15, 0.2) is 9.84 Å². The van der Waals surface area contributed by atoms with E-state index in [1.54, 1.807) is 20.8 Å². The molecule has 0 bridgehead atoms. The molecule has 0 aromatic heterocycles. The monoisotopic (exact) mass is 181 g/mol. The smallest absolute Gasteiger partial charge is 0.158 e. The molecule has 0 fully saturated rings. The van der Waals surface area contributed by atoms with Crippen molar-refractivity contribution in [3.8, 4) is 0 Å². The maximum atomic E-state index is 12.2. The zero-order chi connectivity index (χ0) is 9.28. The molecule has 67 valence electrons. The number of alkyl halides is 1. The normalized spacial score (nSPS) is 16.5. The van der Waals surface area contributed by atoms with Crippen LogP contribution in [0.5, 0.6) is 0 Å². The van der Waals surface area contributed by atoms with E-state index in [1.807, 2.05) is 0 Å². The standard InChI is InChI=1S/C7H14FO2S/c1-6(8)5-11(9,10)7(2,3)4/h6H,1,5H2,2-4H3/t6-/m1/s1. The quantitative estimate of drug-likeness (QED) is 0.644. The van der Waals surface area contributed by atoms with Gasteiger partial charge in [-0.3, -0.25) is 0 Å². The number of rotatable bonds is 2. The van der Waals surface area contributed by atoms with Crippen molar-refractivity contribution in [2.24, 2.45) is 0 Å². The Labute approximate surface area is 67.7 Å². The van der Waals surface area contributed by atoms with Gasteiger partial charge in [-0.2, -0.15) is 0 Å². The fraction of sp³-hybridized carbons (Fsp3) is 0.857. The van der Waals surface area contributed by atoms with Crippen LogP contribution in [0.1, 0.15) is 20.8 Å². The topological polar surface area (TPSA) is 34.1 Å². The lowest BCUT2D eigenvalue weighted by Gasteiger charge is -2.19. The number of hydrogen-bond donors (Lipinski definition) is 0. The van der Waals surface area contributed by atoms with E-state index in [4.69, 9.17) is 0 Å². The molecular formula is C7H14FO2S. The lowest BCUT2D eigenvalue weighted by Crippen LogP contribution is -2.33. The van der Waals surface area contributed by atoms with Gasteiger partial charge in [0.1, 0.15) is 6.17 Å². The molecule has 0 amide bonds. The second-order valence-corrected chi connectivity index (χ2v) is 6.28. The van der Waals surface area contributed by atoms with Crippen molar-refractivity contribution in [2.75, 3.05) is 5.75 Å². The first-order valence-electron chi connectivity index (χ1n) is 3.36. The average Bonchev–Trinajstić information content (AvgIpc) is 1.56. The molecule has 11 heavy (non-hydrogen) atoms. The fourth-order valence-electron chi connectivity index (χ4n) is 0.488. The SMILES string of the molecule is [CH2][C@@H](F)CS(=O)(=O)C(C)(C)C. The van der Waals surface area contributed by atoms with E-state index in [-0.39, 0.29) is 0 Å². The van der Waals surface area contributed by atoms with E-state index in [9.17, 15) is 12.8 Å². The zero-order valence-corrected chi connectivity index (χ0v) is 7.91. The van der Waals surface area contributed by atoms with Crippen molar-refractivity contribution >= 4 is 9.84 Å². The summed E-state index contributed by atoms with van der Waals surface area (Å²) in [5.41, 5.74) is 0. The average molecular weight is 181 g/mol. The minimum absolute atomic E-state index is 0.490. The Bertz CT molecular complexity index is 211. The summed E-state index contributed by atoms with van der Waals surface area (Å²) in [6.45, 7) is 7.63. The molecule has 0 saturated heterocycles. The summed E-state index contributed by atoms with van der Waals surface area (Å²) < 4.78 is 33.7. The number of sulfone groups is 1. The first kappa shape index (κ1) is 10.9. The van der Waals surface area contributed by atoms with E-state index in [0.29, 0.717) is 0 Å². The molecule has 0 heterocycles. The Morgan fingerprint density at radius 3 is 1.91 bits per heavy atom. The first-order valence-corrected chi connectivity index (χ1v) is 5.01. The van der Waals surface area contributed by atoms with Gasteiger partial charge in [-0.1, -0.05) is 0 Å². The van der Waals surface area contributed by atoms with Crippen molar-refractivity contribution in [3.05, 3.63) is 6.92 Å². The molecule has 0 saturated carbocycles. The summed E-state index contributed by atoms with van der Waals surface area (Å²) in [7, 11) is -3.33. The summed E-state index contributed by atoms with van der Waals surface area (Å²) >= 11 is 0.